The smallest absolute Gasteiger partial charge is 0.00344 e. The standard InChI is InChI=1S/C11H22BrNS/c1-2-14-9-3-7-13-8-5-11(10-13)4-6-12/h11H,2-10H2,1H3. The van der Waals surface area contributed by atoms with Crippen molar-refractivity contribution >= 4 is 27.7 Å². The molecular formula is C11H22BrNS. The fraction of sp³-hybridized carbons (Fsp3) is 1.00. The zero-order valence-electron chi connectivity index (χ0n) is 9.17. The third-order valence-electron chi connectivity index (χ3n) is 2.85. The first kappa shape index (κ1) is 12.9. The topological polar surface area (TPSA) is 3.24 Å². The SMILES string of the molecule is CCSCCCN1CCC(CCBr)C1. The van der Waals surface area contributed by atoms with Crippen LogP contribution < -0.4 is 0 Å². The summed E-state index contributed by atoms with van der Waals surface area (Å²) < 4.78 is 0. The third-order valence-corrected chi connectivity index (χ3v) is 4.30. The second kappa shape index (κ2) is 8.00. The van der Waals surface area contributed by atoms with Crippen molar-refractivity contribution in [1.82, 2.24) is 4.90 Å². The highest BCUT2D eigenvalue weighted by atomic mass is 79.9. The van der Waals surface area contributed by atoms with Gasteiger partial charge in [-0.15, -0.1) is 0 Å². The monoisotopic (exact) mass is 279 g/mol. The van der Waals surface area contributed by atoms with E-state index in [9.17, 15) is 0 Å². The molecule has 0 aromatic rings. The minimum absolute atomic E-state index is 0.966. The third kappa shape index (κ3) is 5.04. The molecule has 1 nitrogen and oxygen atoms in total. The van der Waals surface area contributed by atoms with Crippen LogP contribution in [-0.4, -0.2) is 41.4 Å². The zero-order valence-corrected chi connectivity index (χ0v) is 11.6. The largest absolute Gasteiger partial charge is 0.303 e. The molecule has 0 amide bonds. The van der Waals surface area contributed by atoms with Crippen LogP contribution in [0.5, 0.6) is 0 Å². The normalized spacial score (nSPS) is 23.1. The van der Waals surface area contributed by atoms with E-state index in [0.717, 1.165) is 5.92 Å². The molecule has 1 unspecified atom stereocenters. The van der Waals surface area contributed by atoms with Crippen LogP contribution in [0.15, 0.2) is 0 Å². The van der Waals surface area contributed by atoms with E-state index in [1.807, 2.05) is 0 Å². The van der Waals surface area contributed by atoms with Crippen molar-refractivity contribution in [1.29, 1.82) is 0 Å². The van der Waals surface area contributed by atoms with Crippen LogP contribution in [0.25, 0.3) is 0 Å². The number of halogens is 1. The minimum atomic E-state index is 0.966. The Hall–Kier alpha value is 0.790. The summed E-state index contributed by atoms with van der Waals surface area (Å²) in [6.07, 6.45) is 4.16. The zero-order chi connectivity index (χ0) is 10.2. The van der Waals surface area contributed by atoms with Gasteiger partial charge in [-0.05, 0) is 49.8 Å². The second-order valence-electron chi connectivity index (χ2n) is 3.98. The molecular weight excluding hydrogens is 258 g/mol. The van der Waals surface area contributed by atoms with Crippen molar-refractivity contribution < 1.29 is 0 Å². The molecule has 1 heterocycles. The van der Waals surface area contributed by atoms with Crippen LogP contribution >= 0.6 is 27.7 Å². The Labute approximate surface area is 101 Å². The summed E-state index contributed by atoms with van der Waals surface area (Å²) in [5, 5.41) is 1.18. The number of alkyl halides is 1. The summed E-state index contributed by atoms with van der Waals surface area (Å²) in [5.41, 5.74) is 0. The van der Waals surface area contributed by atoms with E-state index >= 15 is 0 Å². The quantitative estimate of drug-likeness (QED) is 0.520. The lowest BCUT2D eigenvalue weighted by Crippen LogP contribution is -2.22. The first-order valence-electron chi connectivity index (χ1n) is 5.73. The van der Waals surface area contributed by atoms with Gasteiger partial charge in [0.1, 0.15) is 0 Å². The molecule has 0 bridgehead atoms. The second-order valence-corrected chi connectivity index (χ2v) is 6.17. The summed E-state index contributed by atoms with van der Waals surface area (Å²) in [6, 6.07) is 0. The Balaban J connectivity index is 1.98. The molecule has 14 heavy (non-hydrogen) atoms. The molecule has 0 saturated carbocycles. The van der Waals surface area contributed by atoms with Gasteiger partial charge in [0, 0.05) is 11.9 Å². The van der Waals surface area contributed by atoms with Crippen LogP contribution in [0.2, 0.25) is 0 Å². The average molecular weight is 280 g/mol. The number of rotatable bonds is 7. The highest BCUT2D eigenvalue weighted by Crippen LogP contribution is 2.20. The van der Waals surface area contributed by atoms with Gasteiger partial charge in [-0.25, -0.2) is 0 Å². The molecule has 0 N–H and O–H groups in total. The van der Waals surface area contributed by atoms with Crippen LogP contribution in [0.3, 0.4) is 0 Å². The molecule has 0 aromatic carbocycles. The molecule has 0 aliphatic carbocycles. The van der Waals surface area contributed by atoms with Crippen molar-refractivity contribution in [2.45, 2.75) is 26.2 Å². The molecule has 1 aliphatic heterocycles. The number of nitrogens with zero attached hydrogens (tertiary/aromatic N) is 1. The molecule has 1 saturated heterocycles. The lowest BCUT2D eigenvalue weighted by atomic mass is 10.1. The molecule has 1 atom stereocenters. The Morgan fingerprint density at radius 2 is 2.36 bits per heavy atom. The number of thioether (sulfide) groups is 1. The molecule has 3 heteroatoms. The Kier molecular flexibility index (Phi) is 7.35. The maximum atomic E-state index is 3.53. The highest BCUT2D eigenvalue weighted by Gasteiger charge is 2.20. The van der Waals surface area contributed by atoms with E-state index in [4.69, 9.17) is 0 Å². The predicted molar refractivity (Wildman–Crippen MR) is 70.6 cm³/mol. The van der Waals surface area contributed by atoms with E-state index in [-0.39, 0.29) is 0 Å². The summed E-state index contributed by atoms with van der Waals surface area (Å²) >= 11 is 5.60. The Morgan fingerprint density at radius 3 is 3.07 bits per heavy atom. The molecule has 1 fully saturated rings. The lowest BCUT2D eigenvalue weighted by Gasteiger charge is -2.15. The van der Waals surface area contributed by atoms with Crippen LogP contribution in [0.1, 0.15) is 26.2 Å². The van der Waals surface area contributed by atoms with E-state index in [2.05, 4.69) is 39.5 Å². The van der Waals surface area contributed by atoms with Gasteiger partial charge in [0.15, 0.2) is 0 Å². The first-order valence-corrected chi connectivity index (χ1v) is 8.00. The fourth-order valence-corrected chi connectivity index (χ4v) is 3.31. The van der Waals surface area contributed by atoms with E-state index in [1.54, 1.807) is 0 Å². The average Bonchev–Trinajstić information content (AvgIpc) is 2.61. The van der Waals surface area contributed by atoms with Crippen molar-refractivity contribution in [3.63, 3.8) is 0 Å². The number of hydrogen-bond donors (Lipinski definition) is 0. The maximum absolute atomic E-state index is 3.53. The number of hydrogen-bond acceptors (Lipinski definition) is 2. The van der Waals surface area contributed by atoms with Crippen molar-refractivity contribution in [3.05, 3.63) is 0 Å². The fourth-order valence-electron chi connectivity index (χ4n) is 2.04. The van der Waals surface area contributed by atoms with Crippen LogP contribution in [0, 0.1) is 5.92 Å². The highest BCUT2D eigenvalue weighted by molar-refractivity contribution is 9.09. The van der Waals surface area contributed by atoms with Gasteiger partial charge >= 0.3 is 0 Å². The molecule has 1 rings (SSSR count). The molecule has 1 aliphatic rings. The molecule has 0 radical (unpaired) electrons. The predicted octanol–water partition coefficient (Wildman–Crippen LogP) is 3.24. The van der Waals surface area contributed by atoms with Crippen molar-refractivity contribution in [3.8, 4) is 0 Å². The van der Waals surface area contributed by atoms with Gasteiger partial charge in [0.2, 0.25) is 0 Å². The summed E-state index contributed by atoms with van der Waals surface area (Å²) in [4.78, 5) is 2.64. The van der Waals surface area contributed by atoms with Gasteiger partial charge in [-0.1, -0.05) is 22.9 Å². The van der Waals surface area contributed by atoms with Gasteiger partial charge in [-0.3, -0.25) is 0 Å². The van der Waals surface area contributed by atoms with Crippen molar-refractivity contribution in [2.75, 3.05) is 36.5 Å². The Morgan fingerprint density at radius 1 is 1.50 bits per heavy atom. The van der Waals surface area contributed by atoms with Gasteiger partial charge in [0.25, 0.3) is 0 Å². The van der Waals surface area contributed by atoms with Gasteiger partial charge in [0.05, 0.1) is 0 Å². The van der Waals surface area contributed by atoms with Crippen LogP contribution in [0.4, 0.5) is 0 Å². The molecule has 0 aromatic heterocycles. The lowest BCUT2D eigenvalue weighted by molar-refractivity contribution is 0.325. The van der Waals surface area contributed by atoms with Crippen molar-refractivity contribution in [2.24, 2.45) is 5.92 Å². The number of likely N-dealkylation sites (tertiary alicyclic amines) is 1. The Bertz CT molecular complexity index is 143. The van der Waals surface area contributed by atoms with Gasteiger partial charge in [-0.2, -0.15) is 11.8 Å². The molecule has 0 spiro atoms. The summed E-state index contributed by atoms with van der Waals surface area (Å²) in [5.74, 6) is 3.58. The minimum Gasteiger partial charge on any atom is -0.303 e. The van der Waals surface area contributed by atoms with E-state index in [0.29, 0.717) is 0 Å². The van der Waals surface area contributed by atoms with E-state index < -0.39 is 0 Å². The van der Waals surface area contributed by atoms with Crippen LogP contribution in [-0.2, 0) is 0 Å². The first-order chi connectivity index (χ1) is 6.86. The maximum Gasteiger partial charge on any atom is 0.00344 e. The van der Waals surface area contributed by atoms with Gasteiger partial charge < -0.3 is 4.90 Å². The van der Waals surface area contributed by atoms with E-state index in [1.165, 1.54) is 55.7 Å². The summed E-state index contributed by atoms with van der Waals surface area (Å²) in [6.45, 7) is 6.26. The molecule has 84 valence electrons. The summed E-state index contributed by atoms with van der Waals surface area (Å²) in [7, 11) is 0.